The topological polar surface area (TPSA) is 583 Å². The van der Waals surface area contributed by atoms with Crippen LogP contribution in [-0.2, 0) is 71.2 Å². The fraction of sp³-hybridized carbons (Fsp3) is 0.957. The van der Waals surface area contributed by atoms with E-state index in [9.17, 15) is 112 Å². The van der Waals surface area contributed by atoms with Crippen LogP contribution in [0.2, 0.25) is 0 Å². The fourth-order valence-electron chi connectivity index (χ4n) is 10.6. The Bertz CT molecular complexity index is 2040. The standard InChI is InChI=1S/C46H78N2O35/c1-10-21(56)27(62)32(67)43(72-10)83-39-29(64)23(58)14(5-50)76-46(39)81-37-20(48-12(3)55)42(74-15(6-51)24(37)59)82-38-25(60)18(78-45(34(38)69)80-36-16(7-52)73-40(70)31(66)30(36)65)9-71-41-19(47-11(2)54)26(61)35(17(8-53)77-41)79-44-33(68)28(63)22(57)13(4-49)75-44/h10,13-46,49-53,56-70H,4-9H2,1-3H3,(H,47,54)(H,48,55)/t10-,13+,14+,15+,16+,17+,18+,19+,20+,21+,22-,23-,24+,25-,26+,27+,28-,29-,30+,31+,32-,33+,34+,35+,36+,37+,38-,39+,40-,41+,42-,43-,44-,45-,46-/m0/s1. The van der Waals surface area contributed by atoms with Gasteiger partial charge in [-0.3, -0.25) is 9.59 Å². The molecule has 0 aliphatic carbocycles. The molecule has 7 aliphatic rings. The van der Waals surface area contributed by atoms with Crippen molar-refractivity contribution in [3.05, 3.63) is 0 Å². The van der Waals surface area contributed by atoms with Crippen molar-refractivity contribution >= 4 is 11.8 Å². The number of hydrogen-bond donors (Lipinski definition) is 22. The number of hydrogen-bond acceptors (Lipinski definition) is 35. The Morgan fingerprint density at radius 3 is 1.31 bits per heavy atom. The summed E-state index contributed by atoms with van der Waals surface area (Å²) in [6.45, 7) is -2.69. The molecule has 0 aromatic heterocycles. The molecule has 22 N–H and O–H groups in total. The highest BCUT2D eigenvalue weighted by Crippen LogP contribution is 2.38. The summed E-state index contributed by atoms with van der Waals surface area (Å²) in [5, 5.41) is 220. The van der Waals surface area contributed by atoms with Gasteiger partial charge in [-0.05, 0) is 6.92 Å². The van der Waals surface area contributed by atoms with Crippen molar-refractivity contribution in [1.29, 1.82) is 0 Å². The maximum atomic E-state index is 13.0. The Kier molecular flexibility index (Phi) is 24.0. The summed E-state index contributed by atoms with van der Waals surface area (Å²) in [6.07, 6.45) is -63.7. The lowest BCUT2D eigenvalue weighted by atomic mass is 9.94. The Morgan fingerprint density at radius 2 is 0.735 bits per heavy atom. The lowest BCUT2D eigenvalue weighted by Crippen LogP contribution is -2.70. The Hall–Kier alpha value is -2.38. The van der Waals surface area contributed by atoms with E-state index in [0.29, 0.717) is 0 Å². The first-order valence-corrected chi connectivity index (χ1v) is 26.5. The maximum Gasteiger partial charge on any atom is 0.217 e. The van der Waals surface area contributed by atoms with E-state index >= 15 is 0 Å². The van der Waals surface area contributed by atoms with Gasteiger partial charge in [-0.15, -0.1) is 0 Å². The van der Waals surface area contributed by atoms with Crippen LogP contribution >= 0.6 is 0 Å². The Balaban J connectivity index is 1.19. The van der Waals surface area contributed by atoms with Crippen LogP contribution in [0.1, 0.15) is 20.8 Å². The molecule has 7 aliphatic heterocycles. The predicted octanol–water partition coefficient (Wildman–Crippen LogP) is -15.0. The van der Waals surface area contributed by atoms with Crippen molar-refractivity contribution in [2.45, 2.75) is 236 Å². The summed E-state index contributed by atoms with van der Waals surface area (Å²) in [5.41, 5.74) is 0. The van der Waals surface area contributed by atoms with Gasteiger partial charge in [0.25, 0.3) is 0 Å². The Morgan fingerprint density at radius 1 is 0.337 bits per heavy atom. The van der Waals surface area contributed by atoms with E-state index in [-0.39, 0.29) is 0 Å². The second-order valence-corrected chi connectivity index (χ2v) is 21.1. The predicted molar refractivity (Wildman–Crippen MR) is 254 cm³/mol. The molecule has 7 heterocycles. The van der Waals surface area contributed by atoms with Crippen LogP contribution in [0.3, 0.4) is 0 Å². The number of ether oxygens (including phenoxy) is 13. The van der Waals surface area contributed by atoms with Crippen LogP contribution in [0.5, 0.6) is 0 Å². The van der Waals surface area contributed by atoms with E-state index in [1.807, 2.05) is 0 Å². The maximum absolute atomic E-state index is 13.0. The molecule has 37 nitrogen and oxygen atoms in total. The van der Waals surface area contributed by atoms with Crippen molar-refractivity contribution in [3.63, 3.8) is 0 Å². The number of nitrogens with one attached hydrogen (secondary N) is 2. The van der Waals surface area contributed by atoms with E-state index in [1.54, 1.807) is 0 Å². The fourth-order valence-corrected chi connectivity index (χ4v) is 10.6. The molecule has 0 radical (unpaired) electrons. The zero-order chi connectivity index (χ0) is 61.2. The second-order valence-electron chi connectivity index (χ2n) is 21.1. The quantitative estimate of drug-likeness (QED) is 0.0538. The minimum absolute atomic E-state index is 0.833. The first-order chi connectivity index (χ1) is 39.2. The van der Waals surface area contributed by atoms with E-state index in [1.165, 1.54) is 6.92 Å². The average Bonchev–Trinajstić information content (AvgIpc) is 2.50. The molecule has 7 saturated heterocycles. The van der Waals surface area contributed by atoms with E-state index in [0.717, 1.165) is 13.8 Å². The van der Waals surface area contributed by atoms with Crippen LogP contribution in [0.25, 0.3) is 0 Å². The zero-order valence-electron chi connectivity index (χ0n) is 44.5. The van der Waals surface area contributed by atoms with Gasteiger partial charge in [0.15, 0.2) is 44.0 Å². The molecule has 35 atom stereocenters. The number of carbonyl (C=O) groups excluding carboxylic acids is 2. The largest absolute Gasteiger partial charge is 0.394 e. The van der Waals surface area contributed by atoms with Crippen LogP contribution < -0.4 is 10.6 Å². The summed E-state index contributed by atoms with van der Waals surface area (Å²) in [4.78, 5) is 25.6. The lowest BCUT2D eigenvalue weighted by Gasteiger charge is -2.51. The molecular formula is C46H78N2O35. The highest BCUT2D eigenvalue weighted by molar-refractivity contribution is 5.73. The molecule has 0 bridgehead atoms. The highest BCUT2D eigenvalue weighted by atomic mass is 16.8. The first-order valence-electron chi connectivity index (χ1n) is 26.5. The first kappa shape index (κ1) is 68.1. The molecule has 2 amide bonds. The molecule has 7 rings (SSSR count). The van der Waals surface area contributed by atoms with Gasteiger partial charge >= 0.3 is 0 Å². The summed E-state index contributed by atoms with van der Waals surface area (Å²) < 4.78 is 75.3. The monoisotopic (exact) mass is 1220 g/mol. The van der Waals surface area contributed by atoms with Gasteiger partial charge < -0.3 is 174 Å². The van der Waals surface area contributed by atoms with Gasteiger partial charge in [0.05, 0.1) is 45.7 Å². The van der Waals surface area contributed by atoms with Gasteiger partial charge in [0, 0.05) is 13.8 Å². The third-order valence-electron chi connectivity index (χ3n) is 15.3. The molecule has 37 heteroatoms. The molecule has 83 heavy (non-hydrogen) atoms. The van der Waals surface area contributed by atoms with Gasteiger partial charge in [0.2, 0.25) is 11.8 Å². The normalized spacial score (nSPS) is 50.8. The zero-order valence-corrected chi connectivity index (χ0v) is 44.5. The van der Waals surface area contributed by atoms with Crippen molar-refractivity contribution < 1.29 is 173 Å². The van der Waals surface area contributed by atoms with Crippen molar-refractivity contribution in [3.8, 4) is 0 Å². The summed E-state index contributed by atoms with van der Waals surface area (Å²) in [5.74, 6) is -1.76. The molecule has 0 unspecified atom stereocenters. The lowest BCUT2D eigenvalue weighted by molar-refractivity contribution is -0.391. The van der Waals surface area contributed by atoms with Crippen molar-refractivity contribution in [1.82, 2.24) is 10.6 Å². The third-order valence-corrected chi connectivity index (χ3v) is 15.3. The van der Waals surface area contributed by atoms with E-state index < -0.39 is 266 Å². The molecule has 7 fully saturated rings. The van der Waals surface area contributed by atoms with Gasteiger partial charge in [-0.1, -0.05) is 0 Å². The summed E-state index contributed by atoms with van der Waals surface area (Å²) >= 11 is 0. The smallest absolute Gasteiger partial charge is 0.217 e. The molecule has 482 valence electrons. The number of rotatable bonds is 20. The van der Waals surface area contributed by atoms with Crippen molar-refractivity contribution in [2.24, 2.45) is 0 Å². The number of carbonyl (C=O) groups is 2. The summed E-state index contributed by atoms with van der Waals surface area (Å²) in [6, 6.07) is -3.61. The van der Waals surface area contributed by atoms with Crippen LogP contribution in [0.15, 0.2) is 0 Å². The summed E-state index contributed by atoms with van der Waals surface area (Å²) in [7, 11) is 0. The highest BCUT2D eigenvalue weighted by Gasteiger charge is 2.59. The number of aliphatic hydroxyl groups is 20. The molecule has 0 aromatic rings. The van der Waals surface area contributed by atoms with Gasteiger partial charge in [-0.2, -0.15) is 0 Å². The van der Waals surface area contributed by atoms with E-state index in [4.69, 9.17) is 61.6 Å². The average molecular weight is 1220 g/mol. The second kappa shape index (κ2) is 29.3. The van der Waals surface area contributed by atoms with Gasteiger partial charge in [-0.25, -0.2) is 0 Å². The molecule has 0 spiro atoms. The Labute approximate surface area is 470 Å². The SMILES string of the molecule is CC(=O)N[C@H]1[C@H](OC[C@H]2O[C@@H](O[C@H]3[C@H](O)[C@@H](O)[C@@H](O)O[C@@H]3CO)[C@H](O)[C@@H](O[C@@H]3O[C@H](CO)[C@@H](O)[C@H](O[C@@H]4O[C@H](CO)[C@H](O)[C@H](O)[C@H]4O[C@@H]4O[C@@H](C)[C@@H](O)[C@@H](O)[C@@H]4O)[C@H]3NC(C)=O)[C@H]2O)O[C@H](CO)[C@@H](O[C@@H]2O[C@H](CO)[C@H](O)[C@H](O)[C@H]2O)[C@@H]1O. The van der Waals surface area contributed by atoms with Crippen molar-refractivity contribution in [2.75, 3.05) is 39.6 Å². The number of amides is 2. The van der Waals surface area contributed by atoms with E-state index in [2.05, 4.69) is 10.6 Å². The van der Waals surface area contributed by atoms with Crippen LogP contribution in [0.4, 0.5) is 0 Å². The minimum Gasteiger partial charge on any atom is -0.394 e. The molecule has 0 aromatic carbocycles. The van der Waals surface area contributed by atoms with Gasteiger partial charge in [0.1, 0.15) is 165 Å². The minimum atomic E-state index is -2.34. The number of aliphatic hydroxyl groups excluding tert-OH is 20. The third kappa shape index (κ3) is 14.7. The van der Waals surface area contributed by atoms with Crippen LogP contribution in [0, 0.1) is 0 Å². The molecule has 0 saturated carbocycles. The van der Waals surface area contributed by atoms with Crippen LogP contribution in [-0.4, -0.2) is 368 Å². The molecular weight excluding hydrogens is 1140 g/mol.